The van der Waals surface area contributed by atoms with Crippen LogP contribution in [0.4, 0.5) is 10.2 Å². The van der Waals surface area contributed by atoms with E-state index in [0.717, 1.165) is 28.0 Å². The molecule has 0 radical (unpaired) electrons. The van der Waals surface area contributed by atoms with Gasteiger partial charge < -0.3 is 11.1 Å². The molecule has 29 heavy (non-hydrogen) atoms. The number of aromatic nitrogens is 1. The Balaban J connectivity index is 1.74. The summed E-state index contributed by atoms with van der Waals surface area (Å²) in [6.07, 6.45) is 0.755. The van der Waals surface area contributed by atoms with Gasteiger partial charge in [-0.15, -0.1) is 11.8 Å². The number of nitrogens with two attached hydrogens (primary N) is 1. The second kappa shape index (κ2) is 7.87. The van der Waals surface area contributed by atoms with E-state index in [0.29, 0.717) is 28.5 Å². The lowest BCUT2D eigenvalue weighted by Gasteiger charge is -2.18. The van der Waals surface area contributed by atoms with Crippen LogP contribution in [0.3, 0.4) is 0 Å². The standard InChI is InChI=1S/C23H22FN3OS/c1-13(2)29-17-6-3-14(4-7-17)19-12-20(22(25)27-21(19)24)15-5-8-18-16(11-15)9-10-26-23(18)28/h3-8,11-13H,9-10H2,1-2H3,(H2,25,27)(H,26,28). The van der Waals surface area contributed by atoms with E-state index in [-0.39, 0.29) is 11.7 Å². The number of hydrogen-bond acceptors (Lipinski definition) is 4. The molecule has 0 bridgehead atoms. The van der Waals surface area contributed by atoms with Gasteiger partial charge in [-0.1, -0.05) is 38.1 Å². The Labute approximate surface area is 173 Å². The van der Waals surface area contributed by atoms with E-state index in [1.165, 1.54) is 0 Å². The quantitative estimate of drug-likeness (QED) is 0.476. The number of carbonyl (C=O) groups is 1. The summed E-state index contributed by atoms with van der Waals surface area (Å²) >= 11 is 1.76. The van der Waals surface area contributed by atoms with Crippen LogP contribution in [0.1, 0.15) is 29.8 Å². The molecule has 1 aromatic heterocycles. The minimum atomic E-state index is -0.590. The molecule has 6 heteroatoms. The Kier molecular flexibility index (Phi) is 5.28. The molecule has 0 atom stereocenters. The van der Waals surface area contributed by atoms with Crippen molar-refractivity contribution in [1.82, 2.24) is 10.3 Å². The average molecular weight is 408 g/mol. The van der Waals surface area contributed by atoms with Gasteiger partial charge in [-0.25, -0.2) is 4.98 Å². The van der Waals surface area contributed by atoms with Crippen molar-refractivity contribution >= 4 is 23.5 Å². The molecule has 1 aliphatic heterocycles. The zero-order valence-corrected chi connectivity index (χ0v) is 17.1. The summed E-state index contributed by atoms with van der Waals surface area (Å²) in [5, 5.41) is 3.32. The molecule has 3 N–H and O–H groups in total. The van der Waals surface area contributed by atoms with Gasteiger partial charge in [0.25, 0.3) is 5.91 Å². The third-order valence-corrected chi connectivity index (χ3v) is 5.90. The lowest BCUT2D eigenvalue weighted by atomic mass is 9.94. The number of nitrogen functional groups attached to an aromatic ring is 1. The Bertz CT molecular complexity index is 1080. The maximum atomic E-state index is 14.6. The number of hydrogen-bond donors (Lipinski definition) is 2. The highest BCUT2D eigenvalue weighted by molar-refractivity contribution is 7.99. The first-order valence-corrected chi connectivity index (χ1v) is 10.4. The number of halogens is 1. The zero-order chi connectivity index (χ0) is 20.5. The van der Waals surface area contributed by atoms with Gasteiger partial charge in [-0.05, 0) is 47.4 Å². The molecule has 0 saturated heterocycles. The van der Waals surface area contributed by atoms with Crippen molar-refractivity contribution in [3.8, 4) is 22.3 Å². The highest BCUT2D eigenvalue weighted by Gasteiger charge is 2.19. The lowest BCUT2D eigenvalue weighted by Crippen LogP contribution is -2.31. The van der Waals surface area contributed by atoms with Crippen LogP contribution in [0.2, 0.25) is 0 Å². The summed E-state index contributed by atoms with van der Waals surface area (Å²) in [5.74, 6) is -0.519. The molecule has 1 amide bonds. The normalized spacial score (nSPS) is 13.3. The summed E-state index contributed by atoms with van der Waals surface area (Å²) in [7, 11) is 0. The van der Waals surface area contributed by atoms with Gasteiger partial charge in [0.2, 0.25) is 5.95 Å². The number of thioether (sulfide) groups is 1. The van der Waals surface area contributed by atoms with Crippen LogP contribution in [0, 0.1) is 5.95 Å². The summed E-state index contributed by atoms with van der Waals surface area (Å²) in [5.41, 5.74) is 10.3. The third kappa shape index (κ3) is 3.98. The van der Waals surface area contributed by atoms with Crippen LogP contribution in [0.15, 0.2) is 53.4 Å². The number of amides is 1. The molecule has 0 saturated carbocycles. The summed E-state index contributed by atoms with van der Waals surface area (Å²) < 4.78 is 14.6. The molecular formula is C23H22FN3OS. The van der Waals surface area contributed by atoms with Crippen LogP contribution in [-0.2, 0) is 6.42 Å². The smallest absolute Gasteiger partial charge is 0.251 e. The highest BCUT2D eigenvalue weighted by atomic mass is 32.2. The zero-order valence-electron chi connectivity index (χ0n) is 16.3. The molecule has 3 aromatic rings. The molecule has 148 valence electrons. The Hall–Kier alpha value is -2.86. The second-order valence-electron chi connectivity index (χ2n) is 7.33. The number of benzene rings is 2. The summed E-state index contributed by atoms with van der Waals surface area (Å²) in [6.45, 7) is 4.88. The predicted molar refractivity (Wildman–Crippen MR) is 117 cm³/mol. The molecule has 1 aliphatic rings. The number of nitrogens with zero attached hydrogens (tertiary/aromatic N) is 1. The number of pyridine rings is 1. The van der Waals surface area contributed by atoms with E-state index in [1.807, 2.05) is 36.4 Å². The van der Waals surface area contributed by atoms with Crippen LogP contribution < -0.4 is 11.1 Å². The highest BCUT2D eigenvalue weighted by Crippen LogP contribution is 2.34. The maximum Gasteiger partial charge on any atom is 0.251 e. The van der Waals surface area contributed by atoms with Crippen molar-refractivity contribution in [2.24, 2.45) is 0 Å². The average Bonchev–Trinajstić information content (AvgIpc) is 2.68. The number of anilines is 1. The minimum Gasteiger partial charge on any atom is -0.383 e. The van der Waals surface area contributed by atoms with Crippen molar-refractivity contribution in [3.05, 3.63) is 65.6 Å². The van der Waals surface area contributed by atoms with Gasteiger partial charge in [-0.3, -0.25) is 4.79 Å². The number of fused-ring (bicyclic) bond motifs is 1. The fourth-order valence-electron chi connectivity index (χ4n) is 3.52. The van der Waals surface area contributed by atoms with Crippen molar-refractivity contribution in [2.45, 2.75) is 30.4 Å². The van der Waals surface area contributed by atoms with E-state index in [2.05, 4.69) is 24.1 Å². The molecule has 2 heterocycles. The first kappa shape index (κ1) is 19.5. The first-order chi connectivity index (χ1) is 13.9. The molecule has 4 nitrogen and oxygen atoms in total. The van der Waals surface area contributed by atoms with E-state index < -0.39 is 5.95 Å². The van der Waals surface area contributed by atoms with Crippen LogP contribution in [0.5, 0.6) is 0 Å². The minimum absolute atomic E-state index is 0.0666. The largest absolute Gasteiger partial charge is 0.383 e. The molecule has 0 spiro atoms. The number of nitrogens with one attached hydrogen (secondary N) is 1. The fraction of sp³-hybridized carbons (Fsp3) is 0.217. The molecule has 0 aliphatic carbocycles. The molecule has 2 aromatic carbocycles. The van der Waals surface area contributed by atoms with E-state index >= 15 is 0 Å². The molecular weight excluding hydrogens is 385 g/mol. The summed E-state index contributed by atoms with van der Waals surface area (Å²) in [6, 6.07) is 15.1. The SMILES string of the molecule is CC(C)Sc1ccc(-c2cc(-c3ccc4c(c3)CCNC4=O)c(N)nc2F)cc1. The van der Waals surface area contributed by atoms with Gasteiger partial charge >= 0.3 is 0 Å². The maximum absolute atomic E-state index is 14.6. The Morgan fingerprint density at radius 2 is 1.76 bits per heavy atom. The Morgan fingerprint density at radius 3 is 2.48 bits per heavy atom. The van der Waals surface area contributed by atoms with Crippen molar-refractivity contribution < 1.29 is 9.18 Å². The molecule has 0 unspecified atom stereocenters. The third-order valence-electron chi connectivity index (χ3n) is 4.88. The van der Waals surface area contributed by atoms with Crippen molar-refractivity contribution in [3.63, 3.8) is 0 Å². The van der Waals surface area contributed by atoms with Crippen molar-refractivity contribution in [1.29, 1.82) is 0 Å². The molecule has 0 fully saturated rings. The van der Waals surface area contributed by atoms with Gasteiger partial charge in [0, 0.05) is 33.4 Å². The number of rotatable bonds is 4. The fourth-order valence-corrected chi connectivity index (χ4v) is 4.36. The van der Waals surface area contributed by atoms with Crippen LogP contribution in [-0.4, -0.2) is 22.7 Å². The van der Waals surface area contributed by atoms with Crippen molar-refractivity contribution in [2.75, 3.05) is 12.3 Å². The first-order valence-electron chi connectivity index (χ1n) is 9.57. The van der Waals surface area contributed by atoms with E-state index in [4.69, 9.17) is 5.73 Å². The number of carbonyl (C=O) groups excluding carboxylic acids is 1. The Morgan fingerprint density at radius 1 is 1.03 bits per heavy atom. The van der Waals surface area contributed by atoms with Gasteiger partial charge in [0.1, 0.15) is 5.82 Å². The molecule has 4 rings (SSSR count). The monoisotopic (exact) mass is 407 g/mol. The predicted octanol–water partition coefficient (Wildman–Crippen LogP) is 4.92. The van der Waals surface area contributed by atoms with Gasteiger partial charge in [-0.2, -0.15) is 4.39 Å². The van der Waals surface area contributed by atoms with E-state index in [1.54, 1.807) is 23.9 Å². The van der Waals surface area contributed by atoms with Gasteiger partial charge in [0.05, 0.1) is 0 Å². The summed E-state index contributed by atoms with van der Waals surface area (Å²) in [4.78, 5) is 17.1. The van der Waals surface area contributed by atoms with Crippen LogP contribution in [0.25, 0.3) is 22.3 Å². The van der Waals surface area contributed by atoms with Gasteiger partial charge in [0.15, 0.2) is 0 Å². The lowest BCUT2D eigenvalue weighted by molar-refractivity contribution is 0.0946. The topological polar surface area (TPSA) is 68.0 Å². The van der Waals surface area contributed by atoms with E-state index in [9.17, 15) is 9.18 Å². The second-order valence-corrected chi connectivity index (χ2v) is 8.98. The van der Waals surface area contributed by atoms with Crippen LogP contribution >= 0.6 is 11.8 Å².